The monoisotopic (exact) mass is 426 g/mol. The van der Waals surface area contributed by atoms with Gasteiger partial charge in [-0.05, 0) is 79.5 Å². The van der Waals surface area contributed by atoms with Gasteiger partial charge in [-0.15, -0.1) is 0 Å². The third-order valence-electron chi connectivity index (χ3n) is 6.49. The van der Waals surface area contributed by atoms with Gasteiger partial charge in [0.2, 0.25) is 5.91 Å². The third kappa shape index (κ3) is 4.73. The topological polar surface area (TPSA) is 42.0 Å². The fraction of sp³-hybridized carbons (Fsp3) is 0.360. The standard InChI is InChI=1S/C25H25F3N2O/c1-16(24(31)30-20-12-10-19(11-13-20)25(26,27)28)17-6-8-18(9-7-17)21-14-15-29-23-5-3-2-4-22(21)23/h2-5,10-18H,6-9H2,1H3,(H,30,31)/t16-,17-,18+/m1/s1. The molecule has 1 heterocycles. The van der Waals surface area contributed by atoms with Crippen molar-refractivity contribution in [1.29, 1.82) is 0 Å². The molecule has 2 aromatic carbocycles. The second kappa shape index (κ2) is 8.69. The molecule has 0 spiro atoms. The van der Waals surface area contributed by atoms with Crippen LogP contribution in [0.1, 0.15) is 49.7 Å². The lowest BCUT2D eigenvalue weighted by Crippen LogP contribution is -2.29. The molecule has 1 aliphatic rings. The smallest absolute Gasteiger partial charge is 0.326 e. The number of rotatable bonds is 4. The van der Waals surface area contributed by atoms with Crippen LogP contribution in [-0.4, -0.2) is 10.9 Å². The summed E-state index contributed by atoms with van der Waals surface area (Å²) in [5.41, 5.74) is 2.00. The van der Waals surface area contributed by atoms with Gasteiger partial charge < -0.3 is 5.32 Å². The Balaban J connectivity index is 1.36. The van der Waals surface area contributed by atoms with E-state index in [1.54, 1.807) is 0 Å². The van der Waals surface area contributed by atoms with Gasteiger partial charge in [0.25, 0.3) is 0 Å². The lowest BCUT2D eigenvalue weighted by Gasteiger charge is -2.32. The number of halogens is 3. The first kappa shape index (κ1) is 21.3. The van der Waals surface area contributed by atoms with Crippen LogP contribution in [0.2, 0.25) is 0 Å². The first-order valence-corrected chi connectivity index (χ1v) is 10.6. The molecule has 31 heavy (non-hydrogen) atoms. The summed E-state index contributed by atoms with van der Waals surface area (Å²) in [7, 11) is 0. The number of hydrogen-bond acceptors (Lipinski definition) is 2. The van der Waals surface area contributed by atoms with Crippen molar-refractivity contribution in [3.8, 4) is 0 Å². The van der Waals surface area contributed by atoms with Crippen molar-refractivity contribution < 1.29 is 18.0 Å². The van der Waals surface area contributed by atoms with E-state index >= 15 is 0 Å². The van der Waals surface area contributed by atoms with E-state index in [0.29, 0.717) is 11.6 Å². The van der Waals surface area contributed by atoms with E-state index in [-0.39, 0.29) is 17.7 Å². The van der Waals surface area contributed by atoms with E-state index in [4.69, 9.17) is 0 Å². The predicted molar refractivity (Wildman–Crippen MR) is 116 cm³/mol. The maximum Gasteiger partial charge on any atom is 0.416 e. The van der Waals surface area contributed by atoms with E-state index in [0.717, 1.165) is 43.3 Å². The number of carbonyl (C=O) groups is 1. The van der Waals surface area contributed by atoms with Crippen molar-refractivity contribution in [3.05, 3.63) is 71.9 Å². The third-order valence-corrected chi connectivity index (χ3v) is 6.49. The van der Waals surface area contributed by atoms with Gasteiger partial charge in [0.15, 0.2) is 0 Å². The molecule has 1 aromatic heterocycles. The number of carbonyl (C=O) groups excluding carboxylic acids is 1. The number of nitrogens with one attached hydrogen (secondary N) is 1. The molecule has 1 atom stereocenters. The number of para-hydroxylation sites is 1. The number of aromatic nitrogens is 1. The summed E-state index contributed by atoms with van der Waals surface area (Å²) >= 11 is 0. The number of benzene rings is 2. The number of nitrogens with zero attached hydrogens (tertiary/aromatic N) is 1. The average molecular weight is 426 g/mol. The van der Waals surface area contributed by atoms with Gasteiger partial charge in [-0.3, -0.25) is 9.78 Å². The zero-order valence-electron chi connectivity index (χ0n) is 17.3. The molecule has 3 aromatic rings. The minimum Gasteiger partial charge on any atom is -0.326 e. The molecule has 6 heteroatoms. The normalized spacial score (nSPS) is 20.4. The summed E-state index contributed by atoms with van der Waals surface area (Å²) in [5.74, 6) is 0.378. The molecular weight excluding hydrogens is 401 g/mol. The Labute approximate surface area is 179 Å². The molecule has 0 bridgehead atoms. The average Bonchev–Trinajstić information content (AvgIpc) is 2.78. The molecule has 1 N–H and O–H groups in total. The summed E-state index contributed by atoms with van der Waals surface area (Å²) in [6.07, 6.45) is 1.40. The summed E-state index contributed by atoms with van der Waals surface area (Å²) in [6, 6.07) is 14.9. The van der Waals surface area contributed by atoms with Crippen molar-refractivity contribution in [2.45, 2.75) is 44.7 Å². The lowest BCUT2D eigenvalue weighted by molar-refractivity contribution is -0.137. The molecule has 1 saturated carbocycles. The molecule has 1 aliphatic carbocycles. The zero-order valence-corrected chi connectivity index (χ0v) is 17.3. The molecular formula is C25H25F3N2O. The van der Waals surface area contributed by atoms with Gasteiger partial charge in [0, 0.05) is 23.2 Å². The Morgan fingerprint density at radius 3 is 2.35 bits per heavy atom. The Hall–Kier alpha value is -2.89. The van der Waals surface area contributed by atoms with Crippen LogP contribution < -0.4 is 5.32 Å². The zero-order chi connectivity index (χ0) is 22.0. The quantitative estimate of drug-likeness (QED) is 0.498. The highest BCUT2D eigenvalue weighted by molar-refractivity contribution is 5.92. The van der Waals surface area contributed by atoms with Crippen LogP contribution in [-0.2, 0) is 11.0 Å². The van der Waals surface area contributed by atoms with Gasteiger partial charge in [-0.1, -0.05) is 25.1 Å². The summed E-state index contributed by atoms with van der Waals surface area (Å²) in [6.45, 7) is 1.91. The van der Waals surface area contributed by atoms with Gasteiger partial charge in [-0.2, -0.15) is 13.2 Å². The van der Waals surface area contributed by atoms with Crippen LogP contribution in [0.15, 0.2) is 60.8 Å². The maximum atomic E-state index is 12.7. The maximum absolute atomic E-state index is 12.7. The predicted octanol–water partition coefficient (Wildman–Crippen LogP) is 6.80. The molecule has 1 amide bonds. The first-order valence-electron chi connectivity index (χ1n) is 10.6. The highest BCUT2D eigenvalue weighted by Crippen LogP contribution is 2.41. The molecule has 1 fully saturated rings. The van der Waals surface area contributed by atoms with E-state index in [1.807, 2.05) is 31.3 Å². The second-order valence-electron chi connectivity index (χ2n) is 8.38. The number of alkyl halides is 3. The Morgan fingerprint density at radius 1 is 1.00 bits per heavy atom. The SMILES string of the molecule is C[C@@H](C(=O)Nc1ccc(C(F)(F)F)cc1)[C@H]1CC[C@@H](c2ccnc3ccccc32)CC1. The first-order chi connectivity index (χ1) is 14.8. The number of hydrogen-bond donors (Lipinski definition) is 1. The molecule has 0 aliphatic heterocycles. The Morgan fingerprint density at radius 2 is 1.68 bits per heavy atom. The van der Waals surface area contributed by atoms with E-state index in [2.05, 4.69) is 22.4 Å². The van der Waals surface area contributed by atoms with Crippen LogP contribution in [0.5, 0.6) is 0 Å². The van der Waals surface area contributed by atoms with Crippen molar-refractivity contribution >= 4 is 22.5 Å². The fourth-order valence-corrected chi connectivity index (χ4v) is 4.62. The van der Waals surface area contributed by atoms with Crippen LogP contribution in [0.25, 0.3) is 10.9 Å². The van der Waals surface area contributed by atoms with E-state index in [1.165, 1.54) is 23.1 Å². The van der Waals surface area contributed by atoms with Crippen molar-refractivity contribution in [3.63, 3.8) is 0 Å². The van der Waals surface area contributed by atoms with Crippen LogP contribution >= 0.6 is 0 Å². The highest BCUT2D eigenvalue weighted by atomic mass is 19.4. The van der Waals surface area contributed by atoms with Crippen molar-refractivity contribution in [2.75, 3.05) is 5.32 Å². The van der Waals surface area contributed by atoms with Gasteiger partial charge in [0.05, 0.1) is 11.1 Å². The molecule has 4 rings (SSSR count). The lowest BCUT2D eigenvalue weighted by atomic mass is 9.73. The van der Waals surface area contributed by atoms with Gasteiger partial charge in [-0.25, -0.2) is 0 Å². The minimum absolute atomic E-state index is 0.141. The van der Waals surface area contributed by atoms with Crippen molar-refractivity contribution in [2.24, 2.45) is 11.8 Å². The fourth-order valence-electron chi connectivity index (χ4n) is 4.62. The highest BCUT2D eigenvalue weighted by Gasteiger charge is 2.31. The Kier molecular flexibility index (Phi) is 5.99. The summed E-state index contributed by atoms with van der Waals surface area (Å²) in [4.78, 5) is 17.1. The van der Waals surface area contributed by atoms with E-state index in [9.17, 15) is 18.0 Å². The number of pyridine rings is 1. The molecule has 0 radical (unpaired) electrons. The number of amides is 1. The summed E-state index contributed by atoms with van der Waals surface area (Å²) < 4.78 is 38.1. The van der Waals surface area contributed by atoms with Gasteiger partial charge >= 0.3 is 6.18 Å². The second-order valence-corrected chi connectivity index (χ2v) is 8.38. The van der Waals surface area contributed by atoms with Crippen molar-refractivity contribution in [1.82, 2.24) is 4.98 Å². The number of anilines is 1. The van der Waals surface area contributed by atoms with Gasteiger partial charge in [0.1, 0.15) is 0 Å². The van der Waals surface area contributed by atoms with Crippen LogP contribution in [0, 0.1) is 11.8 Å². The molecule has 162 valence electrons. The van der Waals surface area contributed by atoms with E-state index < -0.39 is 11.7 Å². The minimum atomic E-state index is -4.38. The largest absolute Gasteiger partial charge is 0.416 e. The molecule has 0 saturated heterocycles. The Bertz CT molecular complexity index is 1050. The molecule has 3 nitrogen and oxygen atoms in total. The number of fused-ring (bicyclic) bond motifs is 1. The van der Waals surface area contributed by atoms with Crippen LogP contribution in [0.4, 0.5) is 18.9 Å². The summed E-state index contributed by atoms with van der Waals surface area (Å²) in [5, 5.41) is 3.97. The van der Waals surface area contributed by atoms with Crippen LogP contribution in [0.3, 0.4) is 0 Å². The molecule has 0 unspecified atom stereocenters.